The highest BCUT2D eigenvalue weighted by Crippen LogP contribution is 2.21. The van der Waals surface area contributed by atoms with E-state index in [0.717, 1.165) is 62.4 Å². The number of benzene rings is 2. The molecule has 1 N–H and O–H groups in total. The fourth-order valence-electron chi connectivity index (χ4n) is 4.78. The summed E-state index contributed by atoms with van der Waals surface area (Å²) < 4.78 is 17.6. The Kier molecular flexibility index (Phi) is 9.61. The quantitative estimate of drug-likeness (QED) is 0.505. The smallest absolute Gasteiger partial charge is 0.222 e. The zero-order chi connectivity index (χ0) is 25.2. The molecule has 0 bridgehead atoms. The fourth-order valence-corrected chi connectivity index (χ4v) is 4.78. The van der Waals surface area contributed by atoms with Gasteiger partial charge in [0.25, 0.3) is 0 Å². The van der Waals surface area contributed by atoms with Crippen LogP contribution in [0.25, 0.3) is 0 Å². The average molecular weight is 497 g/mol. The van der Waals surface area contributed by atoms with E-state index >= 15 is 0 Å². The number of hydrogen-bond donors (Lipinski definition) is 1. The molecule has 2 aliphatic heterocycles. The molecule has 2 fully saturated rings. The van der Waals surface area contributed by atoms with Crippen LogP contribution < -0.4 is 9.47 Å². The van der Waals surface area contributed by atoms with E-state index in [1.165, 1.54) is 5.56 Å². The van der Waals surface area contributed by atoms with E-state index in [-0.39, 0.29) is 19.1 Å². The highest BCUT2D eigenvalue weighted by molar-refractivity contribution is 5.76. The van der Waals surface area contributed by atoms with Crippen LogP contribution in [0.3, 0.4) is 0 Å². The zero-order valence-corrected chi connectivity index (χ0v) is 21.5. The predicted octanol–water partition coefficient (Wildman–Crippen LogP) is 3.81. The van der Waals surface area contributed by atoms with Crippen molar-refractivity contribution < 1.29 is 24.1 Å². The second kappa shape index (κ2) is 13.1. The largest absolute Gasteiger partial charge is 0.494 e. The summed E-state index contributed by atoms with van der Waals surface area (Å²) in [7, 11) is 0. The lowest BCUT2D eigenvalue weighted by Gasteiger charge is -2.30. The number of carbonyl (C=O) groups excluding carboxylic acids is 1. The van der Waals surface area contributed by atoms with Gasteiger partial charge in [-0.3, -0.25) is 9.69 Å². The van der Waals surface area contributed by atoms with E-state index in [0.29, 0.717) is 32.7 Å². The third-order valence-corrected chi connectivity index (χ3v) is 6.79. The Morgan fingerprint density at radius 2 is 1.89 bits per heavy atom. The molecule has 0 aliphatic carbocycles. The minimum atomic E-state index is -1.08. The van der Waals surface area contributed by atoms with Gasteiger partial charge < -0.3 is 24.2 Å². The summed E-state index contributed by atoms with van der Waals surface area (Å²) >= 11 is 0. The minimum absolute atomic E-state index is 0.176. The van der Waals surface area contributed by atoms with E-state index in [1.807, 2.05) is 48.2 Å². The Balaban J connectivity index is 1.25. The first-order valence-electron chi connectivity index (χ1n) is 13.2. The Bertz CT molecular complexity index is 966. The molecule has 2 aliphatic rings. The normalized spacial score (nSPS) is 21.6. The van der Waals surface area contributed by atoms with Crippen LogP contribution in [0.4, 0.5) is 0 Å². The maximum absolute atomic E-state index is 12.2. The van der Waals surface area contributed by atoms with Crippen molar-refractivity contribution in [3.63, 3.8) is 0 Å². The molecular formula is C29H40N2O5. The molecule has 0 aromatic heterocycles. The second-order valence-electron chi connectivity index (χ2n) is 10.1. The molecule has 36 heavy (non-hydrogen) atoms. The molecule has 2 aromatic carbocycles. The summed E-state index contributed by atoms with van der Waals surface area (Å²) in [5.74, 6) is 1.86. The summed E-state index contributed by atoms with van der Waals surface area (Å²) in [6, 6.07) is 16.0. The molecule has 0 unspecified atom stereocenters. The monoisotopic (exact) mass is 496 g/mol. The highest BCUT2D eigenvalue weighted by atomic mass is 16.5. The van der Waals surface area contributed by atoms with Gasteiger partial charge in [0.1, 0.15) is 23.7 Å². The maximum atomic E-state index is 12.2. The van der Waals surface area contributed by atoms with Crippen LogP contribution in [0.15, 0.2) is 48.5 Å². The number of β-amino-alcohol motifs (C(OH)–C–C–N with tert-alkyl or cyclic N) is 1. The van der Waals surface area contributed by atoms with Crippen molar-refractivity contribution in [2.75, 3.05) is 52.6 Å². The first kappa shape index (κ1) is 26.5. The summed E-state index contributed by atoms with van der Waals surface area (Å²) in [5, 5.41) is 11.2. The van der Waals surface area contributed by atoms with Gasteiger partial charge in [0.2, 0.25) is 5.91 Å². The topological polar surface area (TPSA) is 71.5 Å². The number of aliphatic hydroxyl groups is 1. The molecule has 0 spiro atoms. The molecule has 1 amide bonds. The summed E-state index contributed by atoms with van der Waals surface area (Å²) in [5.41, 5.74) is 1.21. The third-order valence-electron chi connectivity index (χ3n) is 6.79. The number of rotatable bonds is 10. The van der Waals surface area contributed by atoms with Gasteiger partial charge in [-0.25, -0.2) is 0 Å². The standard InChI is InChI=1S/C29H40N2O5/c1-24-10-12-26(13-11-24)36-23-29(33)21-30(16-18-34-22-29)20-25-7-5-8-27(19-25)35-17-6-15-31-14-4-2-3-9-28(31)32/h5,7-8,10-13,19,33H,2-4,6,9,14-18,20-23H2,1H3/t29-/m0/s1. The first-order chi connectivity index (χ1) is 17.5. The van der Waals surface area contributed by atoms with Crippen molar-refractivity contribution in [1.82, 2.24) is 9.80 Å². The number of aryl methyl sites for hydroxylation is 1. The molecule has 4 rings (SSSR count). The number of likely N-dealkylation sites (tertiary alicyclic amines) is 1. The number of carbonyl (C=O) groups is 1. The van der Waals surface area contributed by atoms with Crippen LogP contribution in [-0.4, -0.2) is 79.0 Å². The van der Waals surface area contributed by atoms with Crippen molar-refractivity contribution in [1.29, 1.82) is 0 Å². The highest BCUT2D eigenvalue weighted by Gasteiger charge is 2.33. The van der Waals surface area contributed by atoms with Gasteiger partial charge in [0.05, 0.1) is 19.8 Å². The van der Waals surface area contributed by atoms with Crippen LogP contribution in [0, 0.1) is 6.92 Å². The molecule has 2 saturated heterocycles. The third kappa shape index (κ3) is 8.22. The van der Waals surface area contributed by atoms with Crippen LogP contribution in [-0.2, 0) is 16.1 Å². The first-order valence-corrected chi connectivity index (χ1v) is 13.2. The zero-order valence-electron chi connectivity index (χ0n) is 21.5. The predicted molar refractivity (Wildman–Crippen MR) is 139 cm³/mol. The fraction of sp³-hybridized carbons (Fsp3) is 0.552. The number of amides is 1. The van der Waals surface area contributed by atoms with E-state index in [9.17, 15) is 9.90 Å². The molecule has 2 aromatic rings. The van der Waals surface area contributed by atoms with Gasteiger partial charge in [-0.05, 0) is 56.0 Å². The maximum Gasteiger partial charge on any atom is 0.222 e. The molecule has 196 valence electrons. The van der Waals surface area contributed by atoms with Crippen LogP contribution >= 0.6 is 0 Å². The van der Waals surface area contributed by atoms with Crippen LogP contribution in [0.2, 0.25) is 0 Å². The number of nitrogens with zero attached hydrogens (tertiary/aromatic N) is 2. The molecular weight excluding hydrogens is 456 g/mol. The Morgan fingerprint density at radius 3 is 2.75 bits per heavy atom. The van der Waals surface area contributed by atoms with E-state index < -0.39 is 5.60 Å². The van der Waals surface area contributed by atoms with Crippen molar-refractivity contribution in [2.24, 2.45) is 0 Å². The molecule has 7 heteroatoms. The van der Waals surface area contributed by atoms with E-state index in [4.69, 9.17) is 14.2 Å². The lowest BCUT2D eigenvalue weighted by Crippen LogP contribution is -2.48. The van der Waals surface area contributed by atoms with Crippen LogP contribution in [0.5, 0.6) is 11.5 Å². The summed E-state index contributed by atoms with van der Waals surface area (Å²) in [6.07, 6.45) is 4.76. The van der Waals surface area contributed by atoms with Gasteiger partial charge in [0.15, 0.2) is 0 Å². The molecule has 1 atom stereocenters. The molecule has 7 nitrogen and oxygen atoms in total. The van der Waals surface area contributed by atoms with Gasteiger partial charge in [0, 0.05) is 39.1 Å². The van der Waals surface area contributed by atoms with Crippen molar-refractivity contribution in [3.05, 3.63) is 59.7 Å². The number of hydrogen-bond acceptors (Lipinski definition) is 6. The van der Waals surface area contributed by atoms with E-state index in [1.54, 1.807) is 0 Å². The van der Waals surface area contributed by atoms with Gasteiger partial charge in [-0.2, -0.15) is 0 Å². The van der Waals surface area contributed by atoms with Crippen molar-refractivity contribution >= 4 is 5.91 Å². The van der Waals surface area contributed by atoms with Crippen molar-refractivity contribution in [2.45, 2.75) is 51.2 Å². The van der Waals surface area contributed by atoms with Gasteiger partial charge in [-0.1, -0.05) is 36.2 Å². The SMILES string of the molecule is Cc1ccc(OC[C@@]2(O)COCCN(Cc3cccc(OCCCN4CCCCCC4=O)c3)C2)cc1. The van der Waals surface area contributed by atoms with Gasteiger partial charge in [-0.15, -0.1) is 0 Å². The Labute approximate surface area is 214 Å². The lowest BCUT2D eigenvalue weighted by atomic mass is 10.1. The Hall–Kier alpha value is -2.61. The van der Waals surface area contributed by atoms with Crippen LogP contribution in [0.1, 0.15) is 43.2 Å². The van der Waals surface area contributed by atoms with E-state index in [2.05, 4.69) is 17.0 Å². The molecule has 2 heterocycles. The van der Waals surface area contributed by atoms with Crippen molar-refractivity contribution in [3.8, 4) is 11.5 Å². The van der Waals surface area contributed by atoms with Gasteiger partial charge >= 0.3 is 0 Å². The molecule has 0 saturated carbocycles. The lowest BCUT2D eigenvalue weighted by molar-refractivity contribution is -0.130. The summed E-state index contributed by atoms with van der Waals surface area (Å²) in [6.45, 7) is 7.14. The second-order valence-corrected chi connectivity index (χ2v) is 10.1. The Morgan fingerprint density at radius 1 is 1.03 bits per heavy atom. The summed E-state index contributed by atoms with van der Waals surface area (Å²) in [4.78, 5) is 16.3. The average Bonchev–Trinajstić information content (AvgIpc) is 3.19. The molecule has 0 radical (unpaired) electrons. The minimum Gasteiger partial charge on any atom is -0.494 e. The number of ether oxygens (including phenoxy) is 3.